The number of thiophene rings is 1. The van der Waals surface area contributed by atoms with E-state index in [0.29, 0.717) is 0 Å². The van der Waals surface area contributed by atoms with Crippen LogP contribution < -0.4 is 10.2 Å². The van der Waals surface area contributed by atoms with Crippen LogP contribution in [0.5, 0.6) is 0 Å². The van der Waals surface area contributed by atoms with Gasteiger partial charge in [-0.25, -0.2) is 0 Å². The Morgan fingerprint density at radius 2 is 1.95 bits per heavy atom. The van der Waals surface area contributed by atoms with Crippen molar-refractivity contribution in [3.05, 3.63) is 45.6 Å². The van der Waals surface area contributed by atoms with E-state index in [2.05, 4.69) is 34.5 Å². The molecule has 0 spiro atoms. The van der Waals surface area contributed by atoms with E-state index in [4.69, 9.17) is 16.3 Å². The second-order valence-electron chi connectivity index (χ2n) is 4.73. The monoisotopic (exact) mass is 308 g/mol. The Bertz CT molecular complexity index is 549. The molecule has 0 unspecified atom stereocenters. The van der Waals surface area contributed by atoms with Gasteiger partial charge >= 0.3 is 0 Å². The number of nitrogens with one attached hydrogen (secondary N) is 1. The summed E-state index contributed by atoms with van der Waals surface area (Å²) in [6.45, 7) is 4.40. The summed E-state index contributed by atoms with van der Waals surface area (Å²) in [6.07, 6.45) is 0. The summed E-state index contributed by atoms with van der Waals surface area (Å²) < 4.78 is 5.37. The molecule has 5 heteroatoms. The van der Waals surface area contributed by atoms with Crippen molar-refractivity contribution in [2.24, 2.45) is 0 Å². The summed E-state index contributed by atoms with van der Waals surface area (Å²) in [5.41, 5.74) is 2.39. The van der Waals surface area contributed by atoms with E-state index in [1.165, 1.54) is 10.6 Å². The Morgan fingerprint density at radius 1 is 1.20 bits per heavy atom. The molecule has 0 atom stereocenters. The van der Waals surface area contributed by atoms with Crippen LogP contribution in [0.3, 0.4) is 0 Å². The third kappa shape index (κ3) is 3.45. The van der Waals surface area contributed by atoms with Gasteiger partial charge in [0.1, 0.15) is 0 Å². The maximum absolute atomic E-state index is 5.92. The molecule has 106 valence electrons. The second-order valence-corrected chi connectivity index (χ2v) is 6.16. The van der Waals surface area contributed by atoms with E-state index < -0.39 is 0 Å². The average Bonchev–Trinajstić information content (AvgIpc) is 2.92. The minimum atomic E-state index is 0.814. The molecule has 1 aliphatic heterocycles. The first kappa shape index (κ1) is 13.7. The topological polar surface area (TPSA) is 24.5 Å². The summed E-state index contributed by atoms with van der Waals surface area (Å²) in [5.74, 6) is 0. The van der Waals surface area contributed by atoms with Crippen molar-refractivity contribution in [2.75, 3.05) is 36.5 Å². The molecule has 3 nitrogen and oxygen atoms in total. The SMILES string of the molecule is Clc1csc(CNc2ccc(N3CCOCC3)cc2)c1. The van der Waals surface area contributed by atoms with Crippen molar-refractivity contribution in [1.29, 1.82) is 0 Å². The number of nitrogens with zero attached hydrogens (tertiary/aromatic N) is 1. The number of ether oxygens (including phenoxy) is 1. The molecule has 0 amide bonds. The zero-order chi connectivity index (χ0) is 13.8. The van der Waals surface area contributed by atoms with Gasteiger partial charge in [-0.15, -0.1) is 11.3 Å². The Morgan fingerprint density at radius 3 is 2.60 bits per heavy atom. The Kier molecular flexibility index (Phi) is 4.45. The van der Waals surface area contributed by atoms with Gasteiger partial charge < -0.3 is 15.0 Å². The van der Waals surface area contributed by atoms with Gasteiger partial charge in [-0.3, -0.25) is 0 Å². The van der Waals surface area contributed by atoms with Gasteiger partial charge in [0.2, 0.25) is 0 Å². The normalized spacial score (nSPS) is 15.3. The maximum atomic E-state index is 5.92. The van der Waals surface area contributed by atoms with Crippen LogP contribution in [-0.2, 0) is 11.3 Å². The van der Waals surface area contributed by atoms with Crippen molar-refractivity contribution in [3.8, 4) is 0 Å². The van der Waals surface area contributed by atoms with Gasteiger partial charge in [0.25, 0.3) is 0 Å². The van der Waals surface area contributed by atoms with Crippen LogP contribution in [0.15, 0.2) is 35.7 Å². The van der Waals surface area contributed by atoms with Gasteiger partial charge in [0.05, 0.1) is 18.2 Å². The summed E-state index contributed by atoms with van der Waals surface area (Å²) in [5, 5.41) is 6.19. The lowest BCUT2D eigenvalue weighted by atomic mass is 10.2. The number of rotatable bonds is 4. The van der Waals surface area contributed by atoms with Gasteiger partial charge in [-0.2, -0.15) is 0 Å². The maximum Gasteiger partial charge on any atom is 0.0642 e. The Balaban J connectivity index is 1.58. The predicted octanol–water partition coefficient (Wildman–Crippen LogP) is 3.85. The summed E-state index contributed by atoms with van der Waals surface area (Å²) >= 11 is 7.59. The van der Waals surface area contributed by atoms with Crippen molar-refractivity contribution in [3.63, 3.8) is 0 Å². The lowest BCUT2D eigenvalue weighted by molar-refractivity contribution is 0.122. The number of hydrogen-bond acceptors (Lipinski definition) is 4. The molecule has 0 radical (unpaired) electrons. The zero-order valence-corrected chi connectivity index (χ0v) is 12.7. The number of anilines is 2. The first-order valence-electron chi connectivity index (χ1n) is 6.71. The zero-order valence-electron chi connectivity index (χ0n) is 11.1. The average molecular weight is 309 g/mol. The van der Waals surface area contributed by atoms with Crippen LogP contribution in [0, 0.1) is 0 Å². The first-order valence-corrected chi connectivity index (χ1v) is 7.96. The van der Waals surface area contributed by atoms with Crippen LogP contribution in [0.2, 0.25) is 5.02 Å². The third-order valence-corrected chi connectivity index (χ3v) is 4.62. The first-order chi connectivity index (χ1) is 9.81. The molecular weight excluding hydrogens is 292 g/mol. The van der Waals surface area contributed by atoms with E-state index in [-0.39, 0.29) is 0 Å². The van der Waals surface area contributed by atoms with Gasteiger partial charge in [-0.1, -0.05) is 11.6 Å². The largest absolute Gasteiger partial charge is 0.380 e. The highest BCUT2D eigenvalue weighted by atomic mass is 35.5. The minimum Gasteiger partial charge on any atom is -0.380 e. The van der Waals surface area contributed by atoms with Crippen molar-refractivity contribution in [2.45, 2.75) is 6.54 Å². The van der Waals surface area contributed by atoms with Crippen LogP contribution in [0.4, 0.5) is 11.4 Å². The van der Waals surface area contributed by atoms with Crippen LogP contribution in [0.1, 0.15) is 4.88 Å². The molecule has 1 aliphatic rings. The summed E-state index contributed by atoms with van der Waals surface area (Å²) in [7, 11) is 0. The molecule has 1 N–H and O–H groups in total. The molecule has 1 aromatic heterocycles. The fourth-order valence-corrected chi connectivity index (χ4v) is 3.26. The summed E-state index contributed by atoms with van der Waals surface area (Å²) in [4.78, 5) is 3.60. The van der Waals surface area contributed by atoms with Gasteiger partial charge in [-0.05, 0) is 30.3 Å². The molecule has 0 bridgehead atoms. The van der Waals surface area contributed by atoms with E-state index >= 15 is 0 Å². The quantitative estimate of drug-likeness (QED) is 0.928. The highest BCUT2D eigenvalue weighted by Crippen LogP contribution is 2.22. The molecule has 1 aromatic carbocycles. The smallest absolute Gasteiger partial charge is 0.0642 e. The minimum absolute atomic E-state index is 0.814. The van der Waals surface area contributed by atoms with Crippen molar-refractivity contribution < 1.29 is 4.74 Å². The molecular formula is C15H17ClN2OS. The lowest BCUT2D eigenvalue weighted by Gasteiger charge is -2.28. The molecule has 1 fully saturated rings. The summed E-state index contributed by atoms with van der Waals surface area (Å²) in [6, 6.07) is 10.6. The third-order valence-electron chi connectivity index (χ3n) is 3.33. The number of hydrogen-bond donors (Lipinski definition) is 1. The molecule has 20 heavy (non-hydrogen) atoms. The Hall–Kier alpha value is -1.23. The fraction of sp³-hybridized carbons (Fsp3) is 0.333. The van der Waals surface area contributed by atoms with Crippen molar-refractivity contribution in [1.82, 2.24) is 0 Å². The van der Waals surface area contributed by atoms with Crippen LogP contribution in [0.25, 0.3) is 0 Å². The Labute approximate surface area is 128 Å². The fourth-order valence-electron chi connectivity index (χ4n) is 2.25. The highest BCUT2D eigenvalue weighted by Gasteiger charge is 2.10. The van der Waals surface area contributed by atoms with E-state index in [1.807, 2.05) is 11.4 Å². The predicted molar refractivity (Wildman–Crippen MR) is 86.1 cm³/mol. The van der Waals surface area contributed by atoms with Gasteiger partial charge in [0.15, 0.2) is 0 Å². The number of benzene rings is 1. The molecule has 0 aliphatic carbocycles. The molecule has 0 saturated carbocycles. The van der Waals surface area contributed by atoms with E-state index in [0.717, 1.165) is 43.6 Å². The van der Waals surface area contributed by atoms with Crippen LogP contribution >= 0.6 is 22.9 Å². The molecule has 2 heterocycles. The van der Waals surface area contributed by atoms with Crippen LogP contribution in [-0.4, -0.2) is 26.3 Å². The second kappa shape index (κ2) is 6.48. The van der Waals surface area contributed by atoms with E-state index in [1.54, 1.807) is 11.3 Å². The number of morpholine rings is 1. The molecule has 3 rings (SSSR count). The van der Waals surface area contributed by atoms with Gasteiger partial charge in [0, 0.05) is 41.3 Å². The lowest BCUT2D eigenvalue weighted by Crippen LogP contribution is -2.36. The van der Waals surface area contributed by atoms with Crippen molar-refractivity contribution >= 4 is 34.3 Å². The van der Waals surface area contributed by atoms with E-state index in [9.17, 15) is 0 Å². The molecule has 1 saturated heterocycles. The molecule has 2 aromatic rings. The number of halogens is 1. The highest BCUT2D eigenvalue weighted by molar-refractivity contribution is 7.10. The standard InChI is InChI=1S/C15H17ClN2OS/c16-12-9-15(20-11-12)10-17-13-1-3-14(4-2-13)18-5-7-19-8-6-18/h1-4,9,11,17H,5-8,10H2.